The van der Waals surface area contributed by atoms with Crippen LogP contribution in [0.3, 0.4) is 0 Å². The number of nitrogens with one attached hydrogen (secondary N) is 1. The Morgan fingerprint density at radius 3 is 2.32 bits per heavy atom. The second kappa shape index (κ2) is 7.98. The summed E-state index contributed by atoms with van der Waals surface area (Å²) in [5, 5.41) is 16.1. The van der Waals surface area contributed by atoms with E-state index in [1.165, 1.54) is 36.0 Å². The maximum absolute atomic E-state index is 13.4. The van der Waals surface area contributed by atoms with Crippen LogP contribution in [0.1, 0.15) is 36.6 Å². The number of hydrogen-bond acceptors (Lipinski definition) is 3. The standard InChI is InChI=1S/C21H17F5N4O/c1-12(29-19(31)20(2,22)23)18(14-4-6-16(7-5-14)21(24,25)26)30-17-8-3-13(10-27)9-15(17)11-28-30/h3-9,11-12,18H,1-2H3,(H,29,31)/t12-,18?/m1/s1. The Kier molecular flexibility index (Phi) is 5.72. The first-order valence-corrected chi connectivity index (χ1v) is 9.15. The molecule has 0 aliphatic carbocycles. The molecule has 1 unspecified atom stereocenters. The Bertz CT molecular complexity index is 1140. The zero-order chi connectivity index (χ0) is 23.0. The van der Waals surface area contributed by atoms with Crippen molar-refractivity contribution in [1.29, 1.82) is 5.26 Å². The van der Waals surface area contributed by atoms with Gasteiger partial charge >= 0.3 is 12.1 Å². The number of alkyl halides is 5. The van der Waals surface area contributed by atoms with Crippen LogP contribution in [-0.2, 0) is 11.0 Å². The van der Waals surface area contributed by atoms with Crippen LogP contribution in [0.5, 0.6) is 0 Å². The lowest BCUT2D eigenvalue weighted by Crippen LogP contribution is -2.46. The van der Waals surface area contributed by atoms with E-state index in [1.54, 1.807) is 12.1 Å². The van der Waals surface area contributed by atoms with Crippen molar-refractivity contribution in [2.75, 3.05) is 0 Å². The molecule has 0 bridgehead atoms. The van der Waals surface area contributed by atoms with E-state index in [0.717, 1.165) is 12.1 Å². The molecule has 0 fully saturated rings. The molecule has 10 heteroatoms. The summed E-state index contributed by atoms with van der Waals surface area (Å²) in [6.07, 6.45) is -3.08. The summed E-state index contributed by atoms with van der Waals surface area (Å²) in [4.78, 5) is 11.8. The smallest absolute Gasteiger partial charge is 0.346 e. The number of benzene rings is 2. The largest absolute Gasteiger partial charge is 0.416 e. The quantitative estimate of drug-likeness (QED) is 0.591. The van der Waals surface area contributed by atoms with Gasteiger partial charge in [0.25, 0.3) is 5.91 Å². The zero-order valence-electron chi connectivity index (χ0n) is 16.4. The fourth-order valence-corrected chi connectivity index (χ4v) is 3.27. The van der Waals surface area contributed by atoms with Gasteiger partial charge in [0.15, 0.2) is 0 Å². The van der Waals surface area contributed by atoms with Gasteiger partial charge in [-0.2, -0.15) is 32.3 Å². The highest BCUT2D eigenvalue weighted by Gasteiger charge is 2.36. The number of hydrogen-bond donors (Lipinski definition) is 1. The predicted molar refractivity (Wildman–Crippen MR) is 102 cm³/mol. The average Bonchev–Trinajstić information content (AvgIpc) is 3.10. The molecule has 0 radical (unpaired) electrons. The maximum atomic E-state index is 13.4. The van der Waals surface area contributed by atoms with E-state index in [4.69, 9.17) is 5.26 Å². The first-order chi connectivity index (χ1) is 14.4. The average molecular weight is 436 g/mol. The van der Waals surface area contributed by atoms with Crippen molar-refractivity contribution in [2.45, 2.75) is 38.0 Å². The Morgan fingerprint density at radius 1 is 1.13 bits per heavy atom. The Labute approximate surface area is 174 Å². The normalized spacial score (nSPS) is 14.1. The monoisotopic (exact) mass is 436 g/mol. The van der Waals surface area contributed by atoms with Crippen LogP contribution in [0.4, 0.5) is 22.0 Å². The molecule has 2 atom stereocenters. The highest BCUT2D eigenvalue weighted by atomic mass is 19.4. The SMILES string of the molecule is C[C@@H](NC(=O)C(C)(F)F)C(c1ccc(C(F)(F)F)cc1)n1ncc2cc(C#N)ccc21. The lowest BCUT2D eigenvalue weighted by Gasteiger charge is -2.28. The van der Waals surface area contributed by atoms with Crippen molar-refractivity contribution in [3.05, 3.63) is 65.4 Å². The fourth-order valence-electron chi connectivity index (χ4n) is 3.27. The lowest BCUT2D eigenvalue weighted by atomic mass is 9.98. The second-order valence-corrected chi connectivity index (χ2v) is 7.19. The van der Waals surface area contributed by atoms with Crippen LogP contribution in [0, 0.1) is 11.3 Å². The van der Waals surface area contributed by atoms with Gasteiger partial charge in [-0.1, -0.05) is 12.1 Å². The molecular formula is C21H17F5N4O. The molecule has 0 saturated heterocycles. The molecule has 1 amide bonds. The van der Waals surface area contributed by atoms with E-state index in [2.05, 4.69) is 10.4 Å². The highest BCUT2D eigenvalue weighted by molar-refractivity contribution is 5.83. The molecule has 0 aliphatic heterocycles. The number of fused-ring (bicyclic) bond motifs is 1. The summed E-state index contributed by atoms with van der Waals surface area (Å²) < 4.78 is 67.1. The molecule has 5 nitrogen and oxygen atoms in total. The highest BCUT2D eigenvalue weighted by Crippen LogP contribution is 2.32. The van der Waals surface area contributed by atoms with Gasteiger partial charge in [-0.05, 0) is 42.8 Å². The van der Waals surface area contributed by atoms with Gasteiger partial charge in [-0.15, -0.1) is 0 Å². The number of carbonyl (C=O) groups excluding carboxylic acids is 1. The molecule has 3 rings (SSSR count). The molecular weight excluding hydrogens is 419 g/mol. The van der Waals surface area contributed by atoms with Crippen molar-refractivity contribution < 1.29 is 26.7 Å². The van der Waals surface area contributed by atoms with Crippen LogP contribution in [0.2, 0.25) is 0 Å². The van der Waals surface area contributed by atoms with E-state index in [9.17, 15) is 26.7 Å². The minimum absolute atomic E-state index is 0.328. The summed E-state index contributed by atoms with van der Waals surface area (Å²) in [6, 6.07) is 9.06. The third-order valence-corrected chi connectivity index (χ3v) is 4.80. The number of carbonyl (C=O) groups is 1. The van der Waals surface area contributed by atoms with Crippen LogP contribution in [-0.4, -0.2) is 27.7 Å². The van der Waals surface area contributed by atoms with Gasteiger partial charge in [0, 0.05) is 12.3 Å². The molecule has 3 aromatic rings. The number of aromatic nitrogens is 2. The van der Waals surface area contributed by atoms with Crippen molar-refractivity contribution in [3.8, 4) is 6.07 Å². The molecule has 1 N–H and O–H groups in total. The number of nitrogens with zero attached hydrogens (tertiary/aromatic N) is 3. The fraction of sp³-hybridized carbons (Fsp3) is 0.286. The molecule has 162 valence electrons. The van der Waals surface area contributed by atoms with E-state index < -0.39 is 35.7 Å². The minimum atomic E-state index is -4.54. The van der Waals surface area contributed by atoms with Crippen LogP contribution in [0.25, 0.3) is 10.9 Å². The molecule has 1 heterocycles. The van der Waals surface area contributed by atoms with Crippen molar-refractivity contribution in [3.63, 3.8) is 0 Å². The Balaban J connectivity index is 2.09. The van der Waals surface area contributed by atoms with E-state index in [1.807, 2.05) is 6.07 Å². The van der Waals surface area contributed by atoms with Crippen molar-refractivity contribution >= 4 is 16.8 Å². The third-order valence-electron chi connectivity index (χ3n) is 4.80. The molecule has 2 aromatic carbocycles. The van der Waals surface area contributed by atoms with E-state index >= 15 is 0 Å². The summed E-state index contributed by atoms with van der Waals surface area (Å²) in [5.74, 6) is -5.15. The van der Waals surface area contributed by atoms with E-state index in [0.29, 0.717) is 29.0 Å². The molecule has 1 aromatic heterocycles. The van der Waals surface area contributed by atoms with Crippen molar-refractivity contribution in [2.24, 2.45) is 0 Å². The summed E-state index contributed by atoms with van der Waals surface area (Å²) in [6.45, 7) is 1.91. The van der Waals surface area contributed by atoms with E-state index in [-0.39, 0.29) is 0 Å². The number of amides is 1. The number of rotatable bonds is 5. The molecule has 0 aliphatic rings. The zero-order valence-corrected chi connectivity index (χ0v) is 16.4. The summed E-state index contributed by atoms with van der Waals surface area (Å²) in [5.41, 5.74) is 0.365. The first kappa shape index (κ1) is 22.2. The van der Waals surface area contributed by atoms with Crippen molar-refractivity contribution in [1.82, 2.24) is 15.1 Å². The third kappa shape index (κ3) is 4.66. The lowest BCUT2D eigenvalue weighted by molar-refractivity contribution is -0.143. The predicted octanol–water partition coefficient (Wildman–Crippen LogP) is 4.68. The molecule has 0 spiro atoms. The van der Waals surface area contributed by atoms with Gasteiger partial charge < -0.3 is 5.32 Å². The second-order valence-electron chi connectivity index (χ2n) is 7.19. The number of nitriles is 1. The summed E-state index contributed by atoms with van der Waals surface area (Å²) >= 11 is 0. The first-order valence-electron chi connectivity index (χ1n) is 9.15. The molecule has 31 heavy (non-hydrogen) atoms. The van der Waals surface area contributed by atoms with Gasteiger partial charge in [0.1, 0.15) is 0 Å². The maximum Gasteiger partial charge on any atom is 0.416 e. The topological polar surface area (TPSA) is 70.7 Å². The Morgan fingerprint density at radius 2 is 1.77 bits per heavy atom. The minimum Gasteiger partial charge on any atom is -0.346 e. The van der Waals surface area contributed by atoms with Crippen LogP contribution in [0.15, 0.2) is 48.7 Å². The van der Waals surface area contributed by atoms with Gasteiger partial charge in [-0.3, -0.25) is 9.48 Å². The van der Waals surface area contributed by atoms with Crippen LogP contribution >= 0.6 is 0 Å². The summed E-state index contributed by atoms with van der Waals surface area (Å²) in [7, 11) is 0. The number of halogens is 5. The van der Waals surface area contributed by atoms with Crippen LogP contribution < -0.4 is 5.32 Å². The van der Waals surface area contributed by atoms with Gasteiger partial charge in [0.2, 0.25) is 0 Å². The Hall–Kier alpha value is -3.48. The van der Waals surface area contributed by atoms with Gasteiger partial charge in [0.05, 0.1) is 41.0 Å². The molecule has 0 saturated carbocycles. The van der Waals surface area contributed by atoms with Gasteiger partial charge in [-0.25, -0.2) is 0 Å².